The van der Waals surface area contributed by atoms with Crippen molar-refractivity contribution in [2.24, 2.45) is 0 Å². The number of aliphatic hydroxyl groups excluding tert-OH is 4. The molecule has 0 radical (unpaired) electrons. The summed E-state index contributed by atoms with van der Waals surface area (Å²) in [6.07, 6.45) is -6.57. The lowest BCUT2D eigenvalue weighted by Crippen LogP contribution is -2.59. The Morgan fingerprint density at radius 1 is 1.14 bits per heavy atom. The Hall–Kier alpha value is -1.42. The predicted molar refractivity (Wildman–Crippen MR) is 73.2 cm³/mol. The molecule has 0 aliphatic carbocycles. The number of ether oxygens (including phenoxy) is 3. The minimum absolute atomic E-state index is 0.0132. The number of aliphatic hydroxyl groups is 4. The van der Waals surface area contributed by atoms with Crippen molar-refractivity contribution in [1.29, 1.82) is 0 Å². The van der Waals surface area contributed by atoms with E-state index < -0.39 is 37.3 Å². The van der Waals surface area contributed by atoms with E-state index >= 15 is 0 Å². The molecule has 1 saturated heterocycles. The van der Waals surface area contributed by atoms with E-state index in [1.165, 1.54) is 13.2 Å². The summed E-state index contributed by atoms with van der Waals surface area (Å²) >= 11 is 0. The molecule has 1 aliphatic rings. The molecule has 5 N–H and O–H groups in total. The second-order valence-electron chi connectivity index (χ2n) is 5.01. The molecular weight excluding hydrogens is 296 g/mol. The minimum atomic E-state index is -1.48. The van der Waals surface area contributed by atoms with Crippen LogP contribution >= 0.6 is 0 Å². The van der Waals surface area contributed by atoms with Gasteiger partial charge in [0, 0.05) is 0 Å². The summed E-state index contributed by atoms with van der Waals surface area (Å²) in [5.41, 5.74) is 0.645. The zero-order chi connectivity index (χ0) is 16.3. The van der Waals surface area contributed by atoms with Crippen molar-refractivity contribution in [2.45, 2.75) is 37.3 Å². The molecule has 5 atom stereocenters. The first kappa shape index (κ1) is 16.9. The second kappa shape index (κ2) is 7.23. The van der Waals surface area contributed by atoms with E-state index in [4.69, 9.17) is 19.3 Å². The first-order valence-electron chi connectivity index (χ1n) is 6.76. The first-order valence-corrected chi connectivity index (χ1v) is 6.76. The summed E-state index contributed by atoms with van der Waals surface area (Å²) in [4.78, 5) is 0. The van der Waals surface area contributed by atoms with Gasteiger partial charge in [-0.15, -0.1) is 0 Å². The van der Waals surface area contributed by atoms with Crippen LogP contribution in [0.1, 0.15) is 5.56 Å². The molecule has 1 heterocycles. The Balaban J connectivity index is 2.01. The SMILES string of the molecule is COc1cc(CO[C@@H]2O[C@H](CO)[C@@H](O)[C@H](O)[C@H]2O)ccc1O. The molecule has 0 saturated carbocycles. The van der Waals surface area contributed by atoms with Gasteiger partial charge in [0.05, 0.1) is 20.3 Å². The van der Waals surface area contributed by atoms with Crippen molar-refractivity contribution in [3.8, 4) is 11.5 Å². The quantitative estimate of drug-likeness (QED) is 0.454. The third kappa shape index (κ3) is 3.49. The molecule has 8 heteroatoms. The van der Waals surface area contributed by atoms with Gasteiger partial charge in [-0.1, -0.05) is 6.07 Å². The van der Waals surface area contributed by atoms with Gasteiger partial charge in [0.1, 0.15) is 24.4 Å². The van der Waals surface area contributed by atoms with Crippen LogP contribution in [0.3, 0.4) is 0 Å². The van der Waals surface area contributed by atoms with Crippen molar-refractivity contribution in [2.75, 3.05) is 13.7 Å². The second-order valence-corrected chi connectivity index (χ2v) is 5.01. The van der Waals surface area contributed by atoms with Crippen LogP contribution in [-0.4, -0.2) is 70.0 Å². The third-order valence-corrected chi connectivity index (χ3v) is 3.51. The molecule has 1 aromatic rings. The highest BCUT2D eigenvalue weighted by atomic mass is 16.7. The summed E-state index contributed by atoms with van der Waals surface area (Å²) in [6, 6.07) is 4.59. The Kier molecular flexibility index (Phi) is 5.57. The van der Waals surface area contributed by atoms with Crippen LogP contribution in [0.2, 0.25) is 0 Å². The van der Waals surface area contributed by atoms with Crippen molar-refractivity contribution < 1.29 is 39.7 Å². The van der Waals surface area contributed by atoms with Gasteiger partial charge >= 0.3 is 0 Å². The lowest BCUT2D eigenvalue weighted by atomic mass is 9.99. The fraction of sp³-hybridized carbons (Fsp3) is 0.571. The van der Waals surface area contributed by atoms with Crippen molar-refractivity contribution in [3.05, 3.63) is 23.8 Å². The zero-order valence-corrected chi connectivity index (χ0v) is 12.0. The number of hydrogen-bond donors (Lipinski definition) is 5. The van der Waals surface area contributed by atoms with E-state index in [2.05, 4.69) is 0 Å². The van der Waals surface area contributed by atoms with E-state index in [9.17, 15) is 20.4 Å². The van der Waals surface area contributed by atoms with Crippen LogP contribution < -0.4 is 4.74 Å². The highest BCUT2D eigenvalue weighted by Gasteiger charge is 2.43. The number of rotatable bonds is 5. The number of phenols is 1. The molecule has 0 aromatic heterocycles. The van der Waals surface area contributed by atoms with E-state index in [0.717, 1.165) is 0 Å². The van der Waals surface area contributed by atoms with Crippen LogP contribution in [0, 0.1) is 0 Å². The number of hydrogen-bond acceptors (Lipinski definition) is 8. The summed E-state index contributed by atoms with van der Waals surface area (Å²) in [6.45, 7) is -0.503. The monoisotopic (exact) mass is 316 g/mol. The lowest BCUT2D eigenvalue weighted by molar-refractivity contribution is -0.304. The highest BCUT2D eigenvalue weighted by molar-refractivity contribution is 5.41. The zero-order valence-electron chi connectivity index (χ0n) is 12.0. The van der Waals surface area contributed by atoms with E-state index in [1.54, 1.807) is 12.1 Å². The molecule has 22 heavy (non-hydrogen) atoms. The highest BCUT2D eigenvalue weighted by Crippen LogP contribution is 2.28. The van der Waals surface area contributed by atoms with Gasteiger partial charge in [-0.3, -0.25) is 0 Å². The maximum Gasteiger partial charge on any atom is 0.187 e. The minimum Gasteiger partial charge on any atom is -0.504 e. The van der Waals surface area contributed by atoms with Crippen LogP contribution in [0.5, 0.6) is 11.5 Å². The van der Waals surface area contributed by atoms with Crippen LogP contribution in [-0.2, 0) is 16.1 Å². The first-order chi connectivity index (χ1) is 10.5. The van der Waals surface area contributed by atoms with Gasteiger partial charge in [-0.25, -0.2) is 0 Å². The van der Waals surface area contributed by atoms with Gasteiger partial charge in [0.15, 0.2) is 17.8 Å². The Morgan fingerprint density at radius 2 is 1.86 bits per heavy atom. The summed E-state index contributed by atoms with van der Waals surface area (Å²) in [7, 11) is 1.41. The predicted octanol–water partition coefficient (Wildman–Crippen LogP) is -1.28. The number of methoxy groups -OCH3 is 1. The van der Waals surface area contributed by atoms with Gasteiger partial charge < -0.3 is 39.7 Å². The average Bonchev–Trinajstić information content (AvgIpc) is 2.53. The maximum atomic E-state index is 9.84. The molecule has 124 valence electrons. The Bertz CT molecular complexity index is 492. The number of aromatic hydroxyl groups is 1. The Morgan fingerprint density at radius 3 is 2.50 bits per heavy atom. The fourth-order valence-electron chi connectivity index (χ4n) is 2.20. The molecule has 1 aromatic carbocycles. The molecular formula is C14H20O8. The molecule has 1 aliphatic heterocycles. The van der Waals surface area contributed by atoms with Crippen LogP contribution in [0.15, 0.2) is 18.2 Å². The smallest absolute Gasteiger partial charge is 0.187 e. The lowest BCUT2D eigenvalue weighted by Gasteiger charge is -2.39. The largest absolute Gasteiger partial charge is 0.504 e. The van der Waals surface area contributed by atoms with Gasteiger partial charge in [-0.05, 0) is 17.7 Å². The molecule has 0 bridgehead atoms. The van der Waals surface area contributed by atoms with E-state index in [-0.39, 0.29) is 18.1 Å². The third-order valence-electron chi connectivity index (χ3n) is 3.51. The molecule has 0 amide bonds. The Labute approximate surface area is 127 Å². The topological polar surface area (TPSA) is 129 Å². The van der Waals surface area contributed by atoms with E-state index in [1.807, 2.05) is 0 Å². The van der Waals surface area contributed by atoms with Crippen LogP contribution in [0.4, 0.5) is 0 Å². The normalized spacial score (nSPS) is 32.0. The van der Waals surface area contributed by atoms with Crippen molar-refractivity contribution in [3.63, 3.8) is 0 Å². The van der Waals surface area contributed by atoms with Crippen LogP contribution in [0.25, 0.3) is 0 Å². The molecule has 1 fully saturated rings. The average molecular weight is 316 g/mol. The molecule has 0 unspecified atom stereocenters. The van der Waals surface area contributed by atoms with Crippen molar-refractivity contribution >= 4 is 0 Å². The van der Waals surface area contributed by atoms with Gasteiger partial charge in [0.2, 0.25) is 0 Å². The number of phenolic OH excluding ortho intramolecular Hbond substituents is 1. The van der Waals surface area contributed by atoms with E-state index in [0.29, 0.717) is 5.56 Å². The number of benzene rings is 1. The molecule has 0 spiro atoms. The van der Waals surface area contributed by atoms with Crippen molar-refractivity contribution in [1.82, 2.24) is 0 Å². The van der Waals surface area contributed by atoms with Gasteiger partial charge in [0.25, 0.3) is 0 Å². The van der Waals surface area contributed by atoms with Gasteiger partial charge in [-0.2, -0.15) is 0 Å². The summed E-state index contributed by atoms with van der Waals surface area (Å²) in [5.74, 6) is 0.258. The molecule has 8 nitrogen and oxygen atoms in total. The maximum absolute atomic E-state index is 9.84. The summed E-state index contributed by atoms with van der Waals surface area (Å²) < 4.78 is 15.6. The summed E-state index contributed by atoms with van der Waals surface area (Å²) in [5, 5.41) is 47.8. The molecule has 2 rings (SSSR count). The standard InChI is InChI=1S/C14H20O8/c1-20-9-4-7(2-3-8(9)16)6-21-14-13(19)12(18)11(17)10(5-15)22-14/h2-4,10-19H,5-6H2,1H3/t10-,11-,12+,13-,14-/m1/s1. The fourth-order valence-corrected chi connectivity index (χ4v) is 2.20.